The van der Waals surface area contributed by atoms with Gasteiger partial charge in [-0.3, -0.25) is 0 Å². The Hall–Kier alpha value is -0.0800. The van der Waals surface area contributed by atoms with E-state index in [1.54, 1.807) is 0 Å². The van der Waals surface area contributed by atoms with Gasteiger partial charge in [-0.05, 0) is 12.8 Å². The van der Waals surface area contributed by atoms with Gasteiger partial charge in [0.2, 0.25) is 0 Å². The van der Waals surface area contributed by atoms with Crippen LogP contribution in [0.5, 0.6) is 0 Å². The van der Waals surface area contributed by atoms with Crippen LogP contribution in [0.3, 0.4) is 0 Å². The van der Waals surface area contributed by atoms with Gasteiger partial charge in [0.1, 0.15) is 0 Å². The van der Waals surface area contributed by atoms with Crippen molar-refractivity contribution in [3.63, 3.8) is 0 Å². The smallest absolute Gasteiger partial charge is 0.0874 e. The quantitative estimate of drug-likeness (QED) is 0.550. The number of aliphatic hydroxyl groups is 2. The van der Waals surface area contributed by atoms with Crippen LogP contribution in [0.25, 0.3) is 0 Å². The van der Waals surface area contributed by atoms with Gasteiger partial charge < -0.3 is 10.2 Å². The summed E-state index contributed by atoms with van der Waals surface area (Å²) in [6, 6.07) is 0. The molecule has 0 bridgehead atoms. The second-order valence-corrected chi connectivity index (χ2v) is 4.61. The Morgan fingerprint density at radius 3 is 1.87 bits per heavy atom. The first-order valence-electron chi connectivity index (χ1n) is 6.51. The van der Waals surface area contributed by atoms with Crippen molar-refractivity contribution in [1.29, 1.82) is 0 Å². The lowest BCUT2D eigenvalue weighted by Crippen LogP contribution is -2.32. The fraction of sp³-hybridized carbons (Fsp3) is 1.00. The minimum atomic E-state index is -0.816. The van der Waals surface area contributed by atoms with E-state index in [0.29, 0.717) is 6.42 Å². The molecule has 92 valence electrons. The van der Waals surface area contributed by atoms with Gasteiger partial charge in [0.15, 0.2) is 0 Å². The van der Waals surface area contributed by atoms with Crippen molar-refractivity contribution in [2.75, 3.05) is 6.61 Å². The standard InChI is InChI=1S/C13H28O2/c1-3-5-6-7-8-9-10-11-13(15,4-2)12-14/h14-15H,3-12H2,1-2H3. The Morgan fingerprint density at radius 2 is 1.40 bits per heavy atom. The second kappa shape index (κ2) is 9.17. The molecule has 0 aliphatic heterocycles. The van der Waals surface area contributed by atoms with E-state index in [4.69, 9.17) is 5.11 Å². The number of rotatable bonds is 10. The molecule has 0 aromatic carbocycles. The molecule has 2 heteroatoms. The highest BCUT2D eigenvalue weighted by molar-refractivity contribution is 4.74. The Balaban J connectivity index is 3.29. The Labute approximate surface area is 94.7 Å². The summed E-state index contributed by atoms with van der Waals surface area (Å²) < 4.78 is 0. The van der Waals surface area contributed by atoms with Crippen molar-refractivity contribution < 1.29 is 10.2 Å². The van der Waals surface area contributed by atoms with Crippen LogP contribution >= 0.6 is 0 Å². The molecule has 2 nitrogen and oxygen atoms in total. The van der Waals surface area contributed by atoms with E-state index in [9.17, 15) is 5.11 Å². The fourth-order valence-corrected chi connectivity index (χ4v) is 1.78. The van der Waals surface area contributed by atoms with E-state index >= 15 is 0 Å². The monoisotopic (exact) mass is 216 g/mol. The summed E-state index contributed by atoms with van der Waals surface area (Å²) in [5, 5.41) is 18.8. The highest BCUT2D eigenvalue weighted by Gasteiger charge is 2.22. The molecule has 0 spiro atoms. The van der Waals surface area contributed by atoms with E-state index < -0.39 is 5.60 Å². The topological polar surface area (TPSA) is 40.5 Å². The third-order valence-electron chi connectivity index (χ3n) is 3.20. The first-order valence-corrected chi connectivity index (χ1v) is 6.51. The molecule has 15 heavy (non-hydrogen) atoms. The van der Waals surface area contributed by atoms with Crippen molar-refractivity contribution in [2.45, 2.75) is 77.2 Å². The first-order chi connectivity index (χ1) is 7.18. The summed E-state index contributed by atoms with van der Waals surface area (Å²) in [7, 11) is 0. The summed E-state index contributed by atoms with van der Waals surface area (Å²) >= 11 is 0. The van der Waals surface area contributed by atoms with Crippen LogP contribution < -0.4 is 0 Å². The number of aliphatic hydroxyl groups excluding tert-OH is 1. The van der Waals surface area contributed by atoms with Crippen molar-refractivity contribution in [3.05, 3.63) is 0 Å². The highest BCUT2D eigenvalue weighted by Crippen LogP contribution is 2.19. The van der Waals surface area contributed by atoms with Gasteiger partial charge >= 0.3 is 0 Å². The molecule has 0 heterocycles. The van der Waals surface area contributed by atoms with E-state index in [2.05, 4.69) is 6.92 Å². The third-order valence-corrected chi connectivity index (χ3v) is 3.20. The fourth-order valence-electron chi connectivity index (χ4n) is 1.78. The highest BCUT2D eigenvalue weighted by atomic mass is 16.3. The lowest BCUT2D eigenvalue weighted by atomic mass is 9.94. The third kappa shape index (κ3) is 7.80. The van der Waals surface area contributed by atoms with Gasteiger partial charge in [-0.25, -0.2) is 0 Å². The maximum absolute atomic E-state index is 9.82. The summed E-state index contributed by atoms with van der Waals surface area (Å²) in [6.07, 6.45) is 10.2. The van der Waals surface area contributed by atoms with Crippen molar-refractivity contribution >= 4 is 0 Å². The molecule has 1 unspecified atom stereocenters. The average Bonchev–Trinajstić information content (AvgIpc) is 2.27. The molecule has 0 rings (SSSR count). The number of hydrogen-bond donors (Lipinski definition) is 2. The van der Waals surface area contributed by atoms with E-state index in [0.717, 1.165) is 12.8 Å². The van der Waals surface area contributed by atoms with E-state index in [1.165, 1.54) is 38.5 Å². The van der Waals surface area contributed by atoms with Gasteiger partial charge in [0.05, 0.1) is 12.2 Å². The van der Waals surface area contributed by atoms with Crippen LogP contribution in [0, 0.1) is 0 Å². The van der Waals surface area contributed by atoms with Crippen LogP contribution in [0.4, 0.5) is 0 Å². The molecule has 0 aliphatic rings. The van der Waals surface area contributed by atoms with Crippen LogP contribution in [-0.2, 0) is 0 Å². The normalized spacial score (nSPS) is 15.2. The molecule has 0 aromatic rings. The summed E-state index contributed by atoms with van der Waals surface area (Å²) in [5.41, 5.74) is -0.816. The first kappa shape index (κ1) is 14.9. The van der Waals surface area contributed by atoms with Gasteiger partial charge in [0.25, 0.3) is 0 Å². The van der Waals surface area contributed by atoms with Crippen molar-refractivity contribution in [3.8, 4) is 0 Å². The lowest BCUT2D eigenvalue weighted by molar-refractivity contribution is -0.0259. The predicted octanol–water partition coefficient (Wildman–Crippen LogP) is 3.26. The molecule has 0 aliphatic carbocycles. The number of unbranched alkanes of at least 4 members (excludes halogenated alkanes) is 6. The molecular weight excluding hydrogens is 188 g/mol. The maximum Gasteiger partial charge on any atom is 0.0874 e. The lowest BCUT2D eigenvalue weighted by Gasteiger charge is -2.23. The Bertz CT molecular complexity index is 130. The molecule has 0 fully saturated rings. The summed E-state index contributed by atoms with van der Waals surface area (Å²) in [5.74, 6) is 0. The minimum Gasteiger partial charge on any atom is -0.393 e. The Kier molecular flexibility index (Phi) is 9.12. The molecule has 0 saturated carbocycles. The van der Waals surface area contributed by atoms with Crippen LogP contribution in [0.1, 0.15) is 71.6 Å². The van der Waals surface area contributed by atoms with Gasteiger partial charge in [-0.15, -0.1) is 0 Å². The maximum atomic E-state index is 9.82. The van der Waals surface area contributed by atoms with Gasteiger partial charge in [-0.2, -0.15) is 0 Å². The van der Waals surface area contributed by atoms with Crippen molar-refractivity contribution in [2.24, 2.45) is 0 Å². The summed E-state index contributed by atoms with van der Waals surface area (Å²) in [4.78, 5) is 0. The molecule has 0 saturated heterocycles. The molecule has 0 aromatic heterocycles. The Morgan fingerprint density at radius 1 is 0.867 bits per heavy atom. The van der Waals surface area contributed by atoms with Crippen LogP contribution in [0.2, 0.25) is 0 Å². The molecule has 0 radical (unpaired) electrons. The molecule has 2 N–H and O–H groups in total. The van der Waals surface area contributed by atoms with Gasteiger partial charge in [-0.1, -0.05) is 58.8 Å². The second-order valence-electron chi connectivity index (χ2n) is 4.61. The molecule has 0 amide bonds. The zero-order valence-corrected chi connectivity index (χ0v) is 10.5. The zero-order chi connectivity index (χ0) is 11.6. The van der Waals surface area contributed by atoms with Gasteiger partial charge in [0, 0.05) is 0 Å². The van der Waals surface area contributed by atoms with Crippen molar-refractivity contribution in [1.82, 2.24) is 0 Å². The zero-order valence-electron chi connectivity index (χ0n) is 10.5. The van der Waals surface area contributed by atoms with E-state index in [-0.39, 0.29) is 6.61 Å². The minimum absolute atomic E-state index is 0.0979. The van der Waals surface area contributed by atoms with Crippen LogP contribution in [0.15, 0.2) is 0 Å². The predicted molar refractivity (Wildman–Crippen MR) is 64.9 cm³/mol. The SMILES string of the molecule is CCCCCCCCCC(O)(CC)CO. The molecule has 1 atom stereocenters. The van der Waals surface area contributed by atoms with Crippen LogP contribution in [-0.4, -0.2) is 22.4 Å². The summed E-state index contributed by atoms with van der Waals surface area (Å²) in [6.45, 7) is 4.05. The van der Waals surface area contributed by atoms with E-state index in [1.807, 2.05) is 6.92 Å². The average molecular weight is 216 g/mol. The molecular formula is C13H28O2. The number of hydrogen-bond acceptors (Lipinski definition) is 2. The largest absolute Gasteiger partial charge is 0.393 e.